The predicted octanol–water partition coefficient (Wildman–Crippen LogP) is 3.05. The first-order chi connectivity index (χ1) is 12.6. The molecule has 4 rings (SSSR count). The number of rotatable bonds is 5. The fourth-order valence-corrected chi connectivity index (χ4v) is 3.09. The topological polar surface area (TPSA) is 68.5 Å². The third-order valence-corrected chi connectivity index (χ3v) is 4.70. The molecule has 26 heavy (non-hydrogen) atoms. The third-order valence-electron chi connectivity index (χ3n) is 4.70. The van der Waals surface area contributed by atoms with Gasteiger partial charge in [0, 0.05) is 24.6 Å². The molecule has 2 fully saturated rings. The Hall–Kier alpha value is -2.35. The van der Waals surface area contributed by atoms with Gasteiger partial charge in [0.1, 0.15) is 6.61 Å². The van der Waals surface area contributed by atoms with Gasteiger partial charge in [-0.15, -0.1) is 0 Å². The molecule has 0 bridgehead atoms. The molecule has 8 heteroatoms. The Bertz CT molecular complexity index is 807. The maximum atomic E-state index is 13.4. The first-order valence-corrected chi connectivity index (χ1v) is 8.78. The van der Waals surface area contributed by atoms with Crippen LogP contribution < -0.4 is 0 Å². The van der Waals surface area contributed by atoms with E-state index in [4.69, 9.17) is 9.26 Å². The second kappa shape index (κ2) is 7.11. The number of halogens is 2. The number of hydrogen-bond donors (Lipinski definition) is 0. The van der Waals surface area contributed by atoms with Crippen LogP contribution in [-0.4, -0.2) is 40.1 Å². The SMILES string of the molecule is O=C(c1ccc(F)c(F)c1)N1CCCC(OCc2nc(C3CC3)no2)C1. The van der Waals surface area contributed by atoms with Gasteiger partial charge in [0.2, 0.25) is 0 Å². The Balaban J connectivity index is 1.34. The lowest BCUT2D eigenvalue weighted by Crippen LogP contribution is -2.43. The van der Waals surface area contributed by atoms with Crippen LogP contribution >= 0.6 is 0 Å². The van der Waals surface area contributed by atoms with Crippen LogP contribution in [0.3, 0.4) is 0 Å². The van der Waals surface area contributed by atoms with Crippen LogP contribution in [0.25, 0.3) is 0 Å². The summed E-state index contributed by atoms with van der Waals surface area (Å²) in [5.74, 6) is -0.717. The zero-order valence-electron chi connectivity index (χ0n) is 14.2. The second-order valence-corrected chi connectivity index (χ2v) is 6.78. The number of carbonyl (C=O) groups excluding carboxylic acids is 1. The normalized spacial score (nSPS) is 20.4. The quantitative estimate of drug-likeness (QED) is 0.817. The lowest BCUT2D eigenvalue weighted by molar-refractivity contribution is -0.0153. The van der Waals surface area contributed by atoms with Gasteiger partial charge in [-0.3, -0.25) is 4.79 Å². The Labute approximate surface area is 149 Å². The van der Waals surface area contributed by atoms with E-state index >= 15 is 0 Å². The summed E-state index contributed by atoms with van der Waals surface area (Å²) < 4.78 is 37.4. The molecule has 1 atom stereocenters. The molecule has 1 aliphatic carbocycles. The van der Waals surface area contributed by atoms with Crippen molar-refractivity contribution in [3.8, 4) is 0 Å². The van der Waals surface area contributed by atoms with E-state index in [2.05, 4.69) is 10.1 Å². The van der Waals surface area contributed by atoms with Gasteiger partial charge in [-0.25, -0.2) is 8.78 Å². The Morgan fingerprint density at radius 3 is 2.88 bits per heavy atom. The van der Waals surface area contributed by atoms with Crippen LogP contribution in [0.5, 0.6) is 0 Å². The zero-order chi connectivity index (χ0) is 18.1. The van der Waals surface area contributed by atoms with Crippen molar-refractivity contribution in [2.24, 2.45) is 0 Å². The van der Waals surface area contributed by atoms with Gasteiger partial charge in [-0.1, -0.05) is 5.16 Å². The molecule has 1 saturated heterocycles. The van der Waals surface area contributed by atoms with Crippen molar-refractivity contribution in [2.45, 2.75) is 44.3 Å². The van der Waals surface area contributed by atoms with E-state index in [-0.39, 0.29) is 24.2 Å². The van der Waals surface area contributed by atoms with Gasteiger partial charge in [0.15, 0.2) is 17.5 Å². The Morgan fingerprint density at radius 2 is 2.12 bits per heavy atom. The van der Waals surface area contributed by atoms with E-state index in [1.54, 1.807) is 4.90 Å². The fourth-order valence-electron chi connectivity index (χ4n) is 3.09. The highest BCUT2D eigenvalue weighted by molar-refractivity contribution is 5.94. The average Bonchev–Trinajstić information content (AvgIpc) is 3.40. The van der Waals surface area contributed by atoms with Gasteiger partial charge < -0.3 is 14.2 Å². The van der Waals surface area contributed by atoms with Gasteiger partial charge in [-0.05, 0) is 43.9 Å². The molecule has 0 radical (unpaired) electrons. The van der Waals surface area contributed by atoms with Gasteiger partial charge >= 0.3 is 0 Å². The van der Waals surface area contributed by atoms with E-state index in [9.17, 15) is 13.6 Å². The molecule has 2 aliphatic rings. The van der Waals surface area contributed by atoms with Crippen molar-refractivity contribution in [3.63, 3.8) is 0 Å². The maximum Gasteiger partial charge on any atom is 0.254 e. The van der Waals surface area contributed by atoms with E-state index in [0.29, 0.717) is 24.9 Å². The van der Waals surface area contributed by atoms with Gasteiger partial charge in [0.05, 0.1) is 6.10 Å². The highest BCUT2D eigenvalue weighted by Gasteiger charge is 2.29. The summed E-state index contributed by atoms with van der Waals surface area (Å²) in [6.45, 7) is 1.16. The first-order valence-electron chi connectivity index (χ1n) is 8.78. The van der Waals surface area contributed by atoms with Crippen molar-refractivity contribution in [1.82, 2.24) is 15.0 Å². The molecule has 1 saturated carbocycles. The first kappa shape index (κ1) is 17.1. The summed E-state index contributed by atoms with van der Waals surface area (Å²) in [4.78, 5) is 18.4. The molecule has 138 valence electrons. The van der Waals surface area contributed by atoms with Gasteiger partial charge in [0.25, 0.3) is 11.8 Å². The summed E-state index contributed by atoms with van der Waals surface area (Å²) in [6.07, 6.45) is 3.63. The summed E-state index contributed by atoms with van der Waals surface area (Å²) in [5.41, 5.74) is 0.135. The molecule has 2 aromatic rings. The van der Waals surface area contributed by atoms with Crippen LogP contribution in [0.2, 0.25) is 0 Å². The minimum Gasteiger partial charge on any atom is -0.367 e. The van der Waals surface area contributed by atoms with Gasteiger partial charge in [-0.2, -0.15) is 4.98 Å². The number of benzene rings is 1. The summed E-state index contributed by atoms with van der Waals surface area (Å²) in [5, 5.41) is 3.94. The lowest BCUT2D eigenvalue weighted by atomic mass is 10.1. The molecule has 1 aliphatic heterocycles. The smallest absolute Gasteiger partial charge is 0.254 e. The molecule has 1 aromatic heterocycles. The second-order valence-electron chi connectivity index (χ2n) is 6.78. The van der Waals surface area contributed by atoms with Crippen molar-refractivity contribution < 1.29 is 22.8 Å². The molecule has 0 spiro atoms. The summed E-state index contributed by atoms with van der Waals surface area (Å²) in [6, 6.07) is 3.19. The van der Waals surface area contributed by atoms with Crippen molar-refractivity contribution >= 4 is 5.91 Å². The number of hydrogen-bond acceptors (Lipinski definition) is 5. The number of carbonyl (C=O) groups is 1. The van der Waals surface area contributed by atoms with E-state index < -0.39 is 11.6 Å². The molecule has 1 aromatic carbocycles. The number of piperidine rings is 1. The zero-order valence-corrected chi connectivity index (χ0v) is 14.2. The minimum atomic E-state index is -1.02. The minimum absolute atomic E-state index is 0.135. The van der Waals surface area contributed by atoms with Crippen LogP contribution in [0.1, 0.15) is 53.7 Å². The largest absolute Gasteiger partial charge is 0.367 e. The highest BCUT2D eigenvalue weighted by atomic mass is 19.2. The molecule has 1 unspecified atom stereocenters. The number of aromatic nitrogens is 2. The molecule has 6 nitrogen and oxygen atoms in total. The predicted molar refractivity (Wildman–Crippen MR) is 86.3 cm³/mol. The highest BCUT2D eigenvalue weighted by Crippen LogP contribution is 2.38. The Kier molecular flexibility index (Phi) is 4.67. The van der Waals surface area contributed by atoms with Crippen molar-refractivity contribution in [1.29, 1.82) is 0 Å². The molecule has 1 amide bonds. The van der Waals surface area contributed by atoms with Crippen LogP contribution in [0.15, 0.2) is 22.7 Å². The standard InChI is InChI=1S/C18H19F2N3O3/c19-14-6-5-12(8-15(14)20)18(24)23-7-1-2-13(9-23)25-10-16-21-17(22-26-16)11-3-4-11/h5-6,8,11,13H,1-4,7,9-10H2. The fraction of sp³-hybridized carbons (Fsp3) is 0.500. The molecule has 2 heterocycles. The average molecular weight is 363 g/mol. The summed E-state index contributed by atoms with van der Waals surface area (Å²) >= 11 is 0. The van der Waals surface area contributed by atoms with Crippen LogP contribution in [0.4, 0.5) is 8.78 Å². The van der Waals surface area contributed by atoms with Crippen molar-refractivity contribution in [2.75, 3.05) is 13.1 Å². The number of likely N-dealkylation sites (tertiary alicyclic amines) is 1. The van der Waals surface area contributed by atoms with E-state index in [0.717, 1.165) is 43.6 Å². The maximum absolute atomic E-state index is 13.4. The van der Waals surface area contributed by atoms with Crippen LogP contribution in [-0.2, 0) is 11.3 Å². The number of nitrogens with zero attached hydrogens (tertiary/aromatic N) is 3. The molecular weight excluding hydrogens is 344 g/mol. The van der Waals surface area contributed by atoms with E-state index in [1.165, 1.54) is 6.07 Å². The van der Waals surface area contributed by atoms with Crippen molar-refractivity contribution in [3.05, 3.63) is 47.1 Å². The molecular formula is C18H19F2N3O3. The molecule has 0 N–H and O–H groups in total. The van der Waals surface area contributed by atoms with Crippen LogP contribution in [0, 0.1) is 11.6 Å². The Morgan fingerprint density at radius 1 is 1.27 bits per heavy atom. The third kappa shape index (κ3) is 3.75. The number of ether oxygens (including phenoxy) is 1. The number of amides is 1. The van der Waals surface area contributed by atoms with E-state index in [1.807, 2.05) is 0 Å². The lowest BCUT2D eigenvalue weighted by Gasteiger charge is -2.32. The summed E-state index contributed by atoms with van der Waals surface area (Å²) in [7, 11) is 0. The monoisotopic (exact) mass is 363 g/mol.